The van der Waals surface area contributed by atoms with E-state index in [4.69, 9.17) is 4.52 Å². The van der Waals surface area contributed by atoms with Crippen molar-refractivity contribution < 1.29 is 18.0 Å². The highest BCUT2D eigenvalue weighted by atomic mass is 32.2. The van der Waals surface area contributed by atoms with Crippen molar-refractivity contribution >= 4 is 10.0 Å². The van der Waals surface area contributed by atoms with Crippen LogP contribution < -0.4 is 4.72 Å². The molecule has 1 saturated carbocycles. The second-order valence-electron chi connectivity index (χ2n) is 5.52. The lowest BCUT2D eigenvalue weighted by molar-refractivity contribution is 0.136. The van der Waals surface area contributed by atoms with Crippen molar-refractivity contribution in [3.63, 3.8) is 0 Å². The zero-order valence-electron chi connectivity index (χ0n) is 11.7. The molecule has 1 heterocycles. The molecule has 0 aromatic carbocycles. The van der Waals surface area contributed by atoms with E-state index in [0.29, 0.717) is 18.0 Å². The zero-order chi connectivity index (χ0) is 14.6. The maximum Gasteiger partial charge on any atom is 0.217 e. The van der Waals surface area contributed by atoms with Crippen LogP contribution in [0.15, 0.2) is 10.6 Å². The number of nitrogens with zero attached hydrogens (tertiary/aromatic N) is 1. The molecule has 2 rings (SSSR count). The Hall–Kier alpha value is -0.920. The van der Waals surface area contributed by atoms with E-state index >= 15 is 0 Å². The Balaban J connectivity index is 1.88. The zero-order valence-corrected chi connectivity index (χ0v) is 12.5. The molecule has 20 heavy (non-hydrogen) atoms. The van der Waals surface area contributed by atoms with Gasteiger partial charge in [-0.1, -0.05) is 18.0 Å². The van der Waals surface area contributed by atoms with Gasteiger partial charge in [-0.15, -0.1) is 0 Å². The number of aromatic nitrogens is 1. The number of nitrogens with one attached hydrogen (secondary N) is 1. The monoisotopic (exact) mass is 302 g/mol. The van der Waals surface area contributed by atoms with E-state index in [1.165, 1.54) is 0 Å². The molecule has 0 radical (unpaired) electrons. The summed E-state index contributed by atoms with van der Waals surface area (Å²) in [4.78, 5) is 0. The second kappa shape index (κ2) is 6.69. The molecule has 1 aliphatic carbocycles. The van der Waals surface area contributed by atoms with Crippen LogP contribution in [0.5, 0.6) is 0 Å². The molecule has 2 N–H and O–H groups in total. The molecule has 1 aliphatic rings. The molecule has 1 aromatic rings. The fourth-order valence-electron chi connectivity index (χ4n) is 2.76. The first kappa shape index (κ1) is 15.5. The summed E-state index contributed by atoms with van der Waals surface area (Å²) in [6.07, 6.45) is 4.17. The van der Waals surface area contributed by atoms with Crippen molar-refractivity contribution in [3.8, 4) is 0 Å². The van der Waals surface area contributed by atoms with Crippen LogP contribution in [0, 0.1) is 18.8 Å². The average molecular weight is 302 g/mol. The number of hydrogen-bond donors (Lipinski definition) is 2. The molecule has 6 nitrogen and oxygen atoms in total. The molecule has 1 fully saturated rings. The van der Waals surface area contributed by atoms with Crippen molar-refractivity contribution in [1.29, 1.82) is 0 Å². The first-order valence-corrected chi connectivity index (χ1v) is 8.66. The highest BCUT2D eigenvalue weighted by molar-refractivity contribution is 7.88. The summed E-state index contributed by atoms with van der Waals surface area (Å²) in [6.45, 7) is 2.25. The molecule has 114 valence electrons. The number of aryl methyl sites for hydroxylation is 1. The van der Waals surface area contributed by atoms with Crippen molar-refractivity contribution in [1.82, 2.24) is 9.88 Å². The Morgan fingerprint density at radius 1 is 1.40 bits per heavy atom. The minimum absolute atomic E-state index is 0.134. The predicted molar refractivity (Wildman–Crippen MR) is 74.4 cm³/mol. The van der Waals surface area contributed by atoms with Gasteiger partial charge in [0, 0.05) is 19.2 Å². The third kappa shape index (κ3) is 4.29. The van der Waals surface area contributed by atoms with Crippen LogP contribution in [0.25, 0.3) is 0 Å². The summed E-state index contributed by atoms with van der Waals surface area (Å²) in [5.74, 6) is 0.868. The molecule has 0 saturated heterocycles. The van der Waals surface area contributed by atoms with E-state index in [2.05, 4.69) is 9.88 Å². The van der Waals surface area contributed by atoms with E-state index in [1.807, 2.05) is 0 Å². The van der Waals surface area contributed by atoms with Gasteiger partial charge in [0.15, 0.2) is 0 Å². The number of rotatable bonds is 6. The Morgan fingerprint density at radius 3 is 2.70 bits per heavy atom. The first-order valence-electron chi connectivity index (χ1n) is 7.00. The molecule has 2 unspecified atom stereocenters. The maximum atomic E-state index is 12.0. The molecule has 0 bridgehead atoms. The largest absolute Gasteiger partial charge is 0.396 e. The maximum absolute atomic E-state index is 12.0. The van der Waals surface area contributed by atoms with E-state index in [-0.39, 0.29) is 24.2 Å². The number of aliphatic hydroxyl groups excluding tert-OH is 1. The van der Waals surface area contributed by atoms with Crippen molar-refractivity contribution in [2.45, 2.75) is 38.4 Å². The smallest absolute Gasteiger partial charge is 0.217 e. The number of aliphatic hydroxyl groups is 1. The van der Waals surface area contributed by atoms with Crippen LogP contribution in [-0.4, -0.2) is 31.8 Å². The molecule has 0 aliphatic heterocycles. The van der Waals surface area contributed by atoms with E-state index in [1.54, 1.807) is 13.0 Å². The minimum atomic E-state index is -3.41. The first-order chi connectivity index (χ1) is 9.50. The van der Waals surface area contributed by atoms with Crippen LogP contribution in [0.4, 0.5) is 0 Å². The lowest BCUT2D eigenvalue weighted by Crippen LogP contribution is -2.36. The highest BCUT2D eigenvalue weighted by Gasteiger charge is 2.26. The standard InChI is InChI=1S/C13H22N2O4S/c1-10-6-13(15-19-10)9-20(17,18)14-7-11-4-2-3-5-12(11)8-16/h6,11-12,14,16H,2-5,7-9H2,1H3. The number of sulfonamides is 1. The third-order valence-electron chi connectivity index (χ3n) is 3.88. The molecule has 0 amide bonds. The second-order valence-corrected chi connectivity index (χ2v) is 7.33. The molecule has 1 aromatic heterocycles. The molecule has 7 heteroatoms. The summed E-state index contributed by atoms with van der Waals surface area (Å²) in [6, 6.07) is 1.62. The molecule has 0 spiro atoms. The van der Waals surface area contributed by atoms with Crippen LogP contribution in [-0.2, 0) is 15.8 Å². The van der Waals surface area contributed by atoms with Gasteiger partial charge in [-0.2, -0.15) is 0 Å². The van der Waals surface area contributed by atoms with Gasteiger partial charge >= 0.3 is 0 Å². The van der Waals surface area contributed by atoms with Crippen molar-refractivity contribution in [3.05, 3.63) is 17.5 Å². The van der Waals surface area contributed by atoms with E-state index < -0.39 is 10.0 Å². The van der Waals surface area contributed by atoms with Gasteiger partial charge in [0.1, 0.15) is 17.2 Å². The fourth-order valence-corrected chi connectivity index (χ4v) is 3.85. The summed E-state index contributed by atoms with van der Waals surface area (Å²) in [5, 5.41) is 13.0. The van der Waals surface area contributed by atoms with Crippen LogP contribution in [0.3, 0.4) is 0 Å². The summed E-state index contributed by atoms with van der Waals surface area (Å²) in [7, 11) is -3.41. The quantitative estimate of drug-likeness (QED) is 0.823. The molecular weight excluding hydrogens is 280 g/mol. The summed E-state index contributed by atoms with van der Waals surface area (Å²) < 4.78 is 31.5. The summed E-state index contributed by atoms with van der Waals surface area (Å²) in [5.41, 5.74) is 0.414. The topological polar surface area (TPSA) is 92.4 Å². The van der Waals surface area contributed by atoms with Crippen LogP contribution >= 0.6 is 0 Å². The summed E-state index contributed by atoms with van der Waals surface area (Å²) >= 11 is 0. The van der Waals surface area contributed by atoms with Crippen molar-refractivity contribution in [2.75, 3.05) is 13.2 Å². The van der Waals surface area contributed by atoms with Crippen molar-refractivity contribution in [2.24, 2.45) is 11.8 Å². The van der Waals surface area contributed by atoms with Gasteiger partial charge in [-0.25, -0.2) is 13.1 Å². The fraction of sp³-hybridized carbons (Fsp3) is 0.769. The van der Waals surface area contributed by atoms with Gasteiger partial charge < -0.3 is 9.63 Å². The van der Waals surface area contributed by atoms with Gasteiger partial charge in [0.2, 0.25) is 10.0 Å². The van der Waals surface area contributed by atoms with Gasteiger partial charge in [0.25, 0.3) is 0 Å². The Morgan fingerprint density at radius 2 is 2.10 bits per heavy atom. The predicted octanol–water partition coefficient (Wildman–Crippen LogP) is 1.20. The van der Waals surface area contributed by atoms with E-state index in [0.717, 1.165) is 25.7 Å². The SMILES string of the molecule is Cc1cc(CS(=O)(=O)NCC2CCCCC2CO)no1. The van der Waals surface area contributed by atoms with Crippen LogP contribution in [0.2, 0.25) is 0 Å². The lowest BCUT2D eigenvalue weighted by Gasteiger charge is -2.30. The third-order valence-corrected chi connectivity index (χ3v) is 5.16. The van der Waals surface area contributed by atoms with Crippen LogP contribution in [0.1, 0.15) is 37.1 Å². The average Bonchev–Trinajstić information content (AvgIpc) is 2.81. The van der Waals surface area contributed by atoms with Gasteiger partial charge in [-0.05, 0) is 31.6 Å². The van der Waals surface area contributed by atoms with Gasteiger partial charge in [-0.3, -0.25) is 0 Å². The lowest BCUT2D eigenvalue weighted by atomic mass is 9.80. The normalized spacial score (nSPS) is 23.9. The van der Waals surface area contributed by atoms with Gasteiger partial charge in [0.05, 0.1) is 0 Å². The highest BCUT2D eigenvalue weighted by Crippen LogP contribution is 2.29. The molecular formula is C13H22N2O4S. The Bertz CT molecular complexity index is 526. The Labute approximate surface area is 119 Å². The minimum Gasteiger partial charge on any atom is -0.396 e. The van der Waals surface area contributed by atoms with E-state index in [9.17, 15) is 13.5 Å². The number of hydrogen-bond acceptors (Lipinski definition) is 5. The molecule has 2 atom stereocenters. The Kier molecular flexibility index (Phi) is 5.17.